The fourth-order valence-electron chi connectivity index (χ4n) is 2.27. The minimum atomic E-state index is -0.158. The van der Waals surface area contributed by atoms with Gasteiger partial charge >= 0.3 is 0 Å². The topological polar surface area (TPSA) is 88.3 Å². The Bertz CT molecular complexity index is 509. The first-order valence-corrected chi connectivity index (χ1v) is 7.37. The molecule has 3 N–H and O–H groups in total. The van der Waals surface area contributed by atoms with Gasteiger partial charge in [0.2, 0.25) is 11.8 Å². The Labute approximate surface area is 122 Å². The molecule has 0 bridgehead atoms. The minimum Gasteiger partial charge on any atom is -0.342 e. The lowest BCUT2D eigenvalue weighted by molar-refractivity contribution is -0.132. The van der Waals surface area contributed by atoms with Crippen molar-refractivity contribution < 1.29 is 9.59 Å². The van der Waals surface area contributed by atoms with Crippen molar-refractivity contribution in [1.82, 2.24) is 9.88 Å². The van der Waals surface area contributed by atoms with Crippen molar-refractivity contribution in [3.8, 4) is 0 Å². The second-order valence-corrected chi connectivity index (χ2v) is 5.45. The Morgan fingerprint density at radius 1 is 1.55 bits per heavy atom. The Hall–Kier alpha value is -1.60. The van der Waals surface area contributed by atoms with E-state index in [0.29, 0.717) is 17.3 Å². The lowest BCUT2D eigenvalue weighted by Gasteiger charge is -2.31. The molecule has 2 amide bonds. The number of nitrogens with zero attached hydrogens (tertiary/aromatic N) is 2. The molecule has 0 saturated carbocycles. The van der Waals surface area contributed by atoms with E-state index >= 15 is 0 Å². The second kappa shape index (κ2) is 6.71. The summed E-state index contributed by atoms with van der Waals surface area (Å²) in [5.41, 5.74) is 0.679. The average Bonchev–Trinajstić information content (AvgIpc) is 2.47. The first kappa shape index (κ1) is 14.8. The number of amides is 2. The van der Waals surface area contributed by atoms with Crippen molar-refractivity contribution in [1.29, 1.82) is 0 Å². The van der Waals surface area contributed by atoms with Crippen LogP contribution in [0, 0.1) is 5.92 Å². The molecule has 6 nitrogen and oxygen atoms in total. The summed E-state index contributed by atoms with van der Waals surface area (Å²) in [6, 6.07) is 3.46. The van der Waals surface area contributed by atoms with Crippen LogP contribution in [0.15, 0.2) is 23.4 Å². The molecule has 20 heavy (non-hydrogen) atoms. The number of piperidine rings is 1. The fraction of sp³-hybridized carbons (Fsp3) is 0.462. The molecule has 1 atom stereocenters. The van der Waals surface area contributed by atoms with E-state index in [4.69, 9.17) is 5.14 Å². The van der Waals surface area contributed by atoms with Gasteiger partial charge < -0.3 is 10.2 Å². The van der Waals surface area contributed by atoms with Crippen LogP contribution in [0.1, 0.15) is 19.8 Å². The number of nitrogens with one attached hydrogen (secondary N) is 1. The van der Waals surface area contributed by atoms with E-state index in [1.165, 1.54) is 6.92 Å². The van der Waals surface area contributed by atoms with Crippen LogP contribution >= 0.6 is 11.9 Å². The van der Waals surface area contributed by atoms with E-state index in [9.17, 15) is 9.59 Å². The van der Waals surface area contributed by atoms with E-state index in [2.05, 4.69) is 10.3 Å². The van der Waals surface area contributed by atoms with E-state index in [0.717, 1.165) is 31.3 Å². The predicted octanol–water partition coefficient (Wildman–Crippen LogP) is 1.24. The quantitative estimate of drug-likeness (QED) is 0.819. The second-order valence-electron chi connectivity index (χ2n) is 4.79. The third-order valence-corrected chi connectivity index (χ3v) is 3.83. The molecule has 1 saturated heterocycles. The van der Waals surface area contributed by atoms with Gasteiger partial charge in [0, 0.05) is 31.9 Å². The van der Waals surface area contributed by atoms with Crippen LogP contribution in [0.4, 0.5) is 5.69 Å². The zero-order valence-electron chi connectivity index (χ0n) is 11.3. The predicted molar refractivity (Wildman–Crippen MR) is 77.9 cm³/mol. The molecule has 7 heteroatoms. The van der Waals surface area contributed by atoms with Crippen molar-refractivity contribution in [3.63, 3.8) is 0 Å². The molecular formula is C13H18N4O2S. The molecule has 1 aliphatic rings. The number of carbonyl (C=O) groups is 2. The molecule has 1 fully saturated rings. The van der Waals surface area contributed by atoms with Gasteiger partial charge in [-0.1, -0.05) is 0 Å². The molecule has 2 rings (SSSR count). The van der Waals surface area contributed by atoms with Crippen molar-refractivity contribution in [3.05, 3.63) is 18.3 Å². The summed E-state index contributed by atoms with van der Waals surface area (Å²) < 4.78 is 0. The Kier molecular flexibility index (Phi) is 4.97. The normalized spacial score (nSPS) is 18.7. The van der Waals surface area contributed by atoms with Crippen LogP contribution in [0.2, 0.25) is 0 Å². The highest BCUT2D eigenvalue weighted by atomic mass is 32.2. The number of anilines is 1. The third kappa shape index (κ3) is 3.71. The summed E-state index contributed by atoms with van der Waals surface area (Å²) in [5, 5.41) is 8.95. The van der Waals surface area contributed by atoms with E-state index in [1.54, 1.807) is 23.2 Å². The molecule has 1 aliphatic heterocycles. The summed E-state index contributed by atoms with van der Waals surface area (Å²) >= 11 is 1.03. The van der Waals surface area contributed by atoms with Crippen molar-refractivity contribution in [2.75, 3.05) is 18.4 Å². The zero-order chi connectivity index (χ0) is 14.5. The van der Waals surface area contributed by atoms with Crippen LogP contribution in [0.25, 0.3) is 0 Å². The number of rotatable bonds is 3. The largest absolute Gasteiger partial charge is 0.342 e. The highest BCUT2D eigenvalue weighted by molar-refractivity contribution is 7.97. The molecule has 1 aromatic heterocycles. The first-order valence-electron chi connectivity index (χ1n) is 6.49. The summed E-state index contributed by atoms with van der Waals surface area (Å²) in [7, 11) is 0. The Balaban J connectivity index is 1.98. The maximum atomic E-state index is 12.2. The average molecular weight is 294 g/mol. The number of pyridine rings is 1. The van der Waals surface area contributed by atoms with E-state index in [1.807, 2.05) is 0 Å². The van der Waals surface area contributed by atoms with Gasteiger partial charge in [-0.25, -0.2) is 4.98 Å². The molecule has 0 spiro atoms. The Morgan fingerprint density at radius 2 is 2.35 bits per heavy atom. The van der Waals surface area contributed by atoms with Crippen LogP contribution < -0.4 is 10.5 Å². The molecule has 108 valence electrons. The van der Waals surface area contributed by atoms with Crippen molar-refractivity contribution >= 4 is 29.4 Å². The summed E-state index contributed by atoms with van der Waals surface area (Å²) in [6.07, 6.45) is 3.27. The molecule has 0 aromatic carbocycles. The maximum Gasteiger partial charge on any atom is 0.229 e. The highest BCUT2D eigenvalue weighted by Crippen LogP contribution is 2.20. The highest BCUT2D eigenvalue weighted by Gasteiger charge is 2.27. The molecule has 1 aromatic rings. The SMILES string of the molecule is CC(=O)N1CCCC(C(=O)Nc2ccnc(SN)c2)C1. The van der Waals surface area contributed by atoms with Crippen LogP contribution in [-0.4, -0.2) is 34.8 Å². The van der Waals surface area contributed by atoms with Gasteiger partial charge in [-0.05, 0) is 36.9 Å². The maximum absolute atomic E-state index is 12.2. The lowest BCUT2D eigenvalue weighted by atomic mass is 9.97. The first-order chi connectivity index (χ1) is 9.60. The zero-order valence-corrected chi connectivity index (χ0v) is 12.2. The fourth-order valence-corrected chi connectivity index (χ4v) is 2.59. The summed E-state index contributed by atoms with van der Waals surface area (Å²) in [6.45, 7) is 2.76. The van der Waals surface area contributed by atoms with Gasteiger partial charge in [-0.2, -0.15) is 0 Å². The minimum absolute atomic E-state index is 0.0215. The smallest absolute Gasteiger partial charge is 0.229 e. The number of nitrogens with two attached hydrogens (primary N) is 1. The number of aromatic nitrogens is 1. The van der Waals surface area contributed by atoms with Gasteiger partial charge in [-0.3, -0.25) is 14.7 Å². The molecule has 1 unspecified atom stereocenters. The molecule has 0 aliphatic carbocycles. The van der Waals surface area contributed by atoms with Crippen LogP contribution in [0.5, 0.6) is 0 Å². The number of hydrogen-bond donors (Lipinski definition) is 2. The van der Waals surface area contributed by atoms with Crippen LogP contribution in [0.3, 0.4) is 0 Å². The summed E-state index contributed by atoms with van der Waals surface area (Å²) in [5.74, 6) is -0.196. The van der Waals surface area contributed by atoms with E-state index in [-0.39, 0.29) is 17.7 Å². The van der Waals surface area contributed by atoms with Gasteiger partial charge in [0.25, 0.3) is 0 Å². The molecular weight excluding hydrogens is 276 g/mol. The van der Waals surface area contributed by atoms with Gasteiger partial charge in [-0.15, -0.1) is 0 Å². The van der Waals surface area contributed by atoms with Crippen LogP contribution in [-0.2, 0) is 9.59 Å². The van der Waals surface area contributed by atoms with E-state index < -0.39 is 0 Å². The van der Waals surface area contributed by atoms with Gasteiger partial charge in [0.1, 0.15) is 5.03 Å². The number of likely N-dealkylation sites (tertiary alicyclic amines) is 1. The number of hydrogen-bond acceptors (Lipinski definition) is 5. The van der Waals surface area contributed by atoms with Crippen molar-refractivity contribution in [2.45, 2.75) is 24.8 Å². The molecule has 2 heterocycles. The van der Waals surface area contributed by atoms with Crippen molar-refractivity contribution in [2.24, 2.45) is 11.1 Å². The molecule has 0 radical (unpaired) electrons. The monoisotopic (exact) mass is 294 g/mol. The summed E-state index contributed by atoms with van der Waals surface area (Å²) in [4.78, 5) is 29.4. The number of carbonyl (C=O) groups excluding carboxylic acids is 2. The standard InChI is InChI=1S/C13H18N4O2S/c1-9(18)17-6-2-3-10(8-17)13(19)16-11-4-5-15-12(7-11)20-14/h4-5,7,10H,2-3,6,8,14H2,1H3,(H,15,16,19). The van der Waals surface area contributed by atoms with Gasteiger partial charge in [0.15, 0.2) is 0 Å². The van der Waals surface area contributed by atoms with Gasteiger partial charge in [0.05, 0.1) is 5.92 Å². The Morgan fingerprint density at radius 3 is 3.05 bits per heavy atom. The lowest BCUT2D eigenvalue weighted by Crippen LogP contribution is -2.42. The third-order valence-electron chi connectivity index (χ3n) is 3.36.